The van der Waals surface area contributed by atoms with Gasteiger partial charge in [-0.05, 0) is 43.4 Å². The summed E-state index contributed by atoms with van der Waals surface area (Å²) >= 11 is 0. The van der Waals surface area contributed by atoms with E-state index in [0.29, 0.717) is 17.2 Å². The van der Waals surface area contributed by atoms with Crippen molar-refractivity contribution in [1.82, 2.24) is 24.0 Å². The summed E-state index contributed by atoms with van der Waals surface area (Å²) in [5, 5.41) is 3.73. The predicted octanol–water partition coefficient (Wildman–Crippen LogP) is 3.13. The van der Waals surface area contributed by atoms with Gasteiger partial charge in [-0.1, -0.05) is 49.9 Å². The van der Waals surface area contributed by atoms with Crippen molar-refractivity contribution in [1.29, 1.82) is 0 Å². The Kier molecular flexibility index (Phi) is 6.94. The Morgan fingerprint density at radius 2 is 1.66 bits per heavy atom. The smallest absolute Gasteiger partial charge is 0.325 e. The van der Waals surface area contributed by atoms with Crippen molar-refractivity contribution in [2.75, 3.05) is 6.54 Å². The third-order valence-corrected chi connectivity index (χ3v) is 6.92. The van der Waals surface area contributed by atoms with Crippen molar-refractivity contribution in [2.24, 2.45) is 21.1 Å². The molecule has 0 spiro atoms. The molecule has 3 aromatic rings. The topological polar surface area (TPSA) is 73.8 Å². The molecule has 1 aromatic carbocycles. The quantitative estimate of drug-likeness (QED) is 0.495. The Bertz CT molecular complexity index is 1200. The van der Waals surface area contributed by atoms with Gasteiger partial charge in [0.05, 0.1) is 0 Å². The minimum atomic E-state index is -0.334. The van der Waals surface area contributed by atoms with E-state index in [1.54, 1.807) is 7.05 Å². The van der Waals surface area contributed by atoms with Gasteiger partial charge in [0.15, 0.2) is 11.2 Å². The summed E-state index contributed by atoms with van der Waals surface area (Å²) in [4.78, 5) is 29.2. The minimum absolute atomic E-state index is 0.279. The SMILES string of the molecule is Cn1c(=O)c2c(nc(CCCCCCCCNC3CCc4ccccc43)n2C)n(C)c1=O. The van der Waals surface area contributed by atoms with Crippen LogP contribution in [-0.4, -0.2) is 25.2 Å². The van der Waals surface area contributed by atoms with Crippen LogP contribution in [0.3, 0.4) is 0 Å². The van der Waals surface area contributed by atoms with Crippen LogP contribution in [0.25, 0.3) is 11.2 Å². The first-order valence-corrected chi connectivity index (χ1v) is 11.9. The zero-order valence-electron chi connectivity index (χ0n) is 19.6. The molecule has 0 fully saturated rings. The van der Waals surface area contributed by atoms with Crippen LogP contribution in [0.15, 0.2) is 33.9 Å². The molecule has 172 valence electrons. The largest absolute Gasteiger partial charge is 0.332 e. The number of aryl methyl sites for hydroxylation is 4. The number of unbranched alkanes of at least 4 members (excludes halogenated alkanes) is 5. The maximum absolute atomic E-state index is 12.5. The van der Waals surface area contributed by atoms with Crippen LogP contribution in [0.4, 0.5) is 0 Å². The van der Waals surface area contributed by atoms with E-state index in [4.69, 9.17) is 0 Å². The molecule has 1 unspecified atom stereocenters. The second kappa shape index (κ2) is 9.86. The van der Waals surface area contributed by atoms with Crippen LogP contribution < -0.4 is 16.6 Å². The predicted molar refractivity (Wildman–Crippen MR) is 128 cm³/mol. The van der Waals surface area contributed by atoms with E-state index < -0.39 is 0 Å². The van der Waals surface area contributed by atoms with Gasteiger partial charge >= 0.3 is 5.69 Å². The summed E-state index contributed by atoms with van der Waals surface area (Å²) in [6.45, 7) is 1.09. The summed E-state index contributed by atoms with van der Waals surface area (Å²) in [7, 11) is 5.05. The molecule has 7 nitrogen and oxygen atoms in total. The van der Waals surface area contributed by atoms with Gasteiger partial charge in [-0.2, -0.15) is 0 Å². The molecular weight excluding hydrogens is 402 g/mol. The standard InChI is InChI=1S/C25H35N5O2/c1-28-21(27-23-22(28)24(31)30(3)25(32)29(23)2)14-8-6-4-5-7-11-17-26-20-16-15-18-12-9-10-13-19(18)20/h9-10,12-13,20,26H,4-8,11,14-17H2,1-3H3. The fraction of sp³-hybridized carbons (Fsp3) is 0.560. The summed E-state index contributed by atoms with van der Waals surface area (Å²) in [5.41, 5.74) is 3.37. The number of fused-ring (bicyclic) bond motifs is 2. The molecular formula is C25H35N5O2. The number of benzene rings is 1. The Morgan fingerprint density at radius 1 is 0.938 bits per heavy atom. The van der Waals surface area contributed by atoms with Gasteiger partial charge in [0, 0.05) is 33.6 Å². The lowest BCUT2D eigenvalue weighted by atomic mass is 10.1. The molecule has 0 amide bonds. The second-order valence-corrected chi connectivity index (χ2v) is 9.08. The third-order valence-electron chi connectivity index (χ3n) is 6.92. The number of nitrogens with one attached hydrogen (secondary N) is 1. The van der Waals surface area contributed by atoms with E-state index in [9.17, 15) is 9.59 Å². The Morgan fingerprint density at radius 3 is 2.47 bits per heavy atom. The molecule has 32 heavy (non-hydrogen) atoms. The molecule has 0 saturated heterocycles. The molecule has 1 atom stereocenters. The average Bonchev–Trinajstić information content (AvgIpc) is 3.36. The molecule has 0 aliphatic heterocycles. The van der Waals surface area contributed by atoms with Crippen LogP contribution in [0.5, 0.6) is 0 Å². The number of rotatable bonds is 10. The highest BCUT2D eigenvalue weighted by atomic mass is 16.2. The third kappa shape index (κ3) is 4.44. The first kappa shape index (κ1) is 22.5. The van der Waals surface area contributed by atoms with E-state index in [1.165, 1.54) is 61.3 Å². The van der Waals surface area contributed by atoms with Crippen molar-refractivity contribution in [3.63, 3.8) is 0 Å². The molecule has 2 heterocycles. The highest BCUT2D eigenvalue weighted by Gasteiger charge is 2.20. The summed E-state index contributed by atoms with van der Waals surface area (Å²) in [6.07, 6.45) is 10.4. The first-order valence-electron chi connectivity index (χ1n) is 11.9. The van der Waals surface area contributed by atoms with E-state index in [0.717, 1.165) is 36.2 Å². The maximum Gasteiger partial charge on any atom is 0.332 e. The lowest BCUT2D eigenvalue weighted by Crippen LogP contribution is -2.37. The minimum Gasteiger partial charge on any atom is -0.325 e. The molecule has 0 radical (unpaired) electrons. The Hall–Kier alpha value is -2.67. The van der Waals surface area contributed by atoms with Gasteiger partial charge in [-0.15, -0.1) is 0 Å². The van der Waals surface area contributed by atoms with Crippen LogP contribution in [0.2, 0.25) is 0 Å². The zero-order valence-corrected chi connectivity index (χ0v) is 19.6. The Balaban J connectivity index is 1.16. The van der Waals surface area contributed by atoms with Gasteiger partial charge in [-0.25, -0.2) is 9.78 Å². The highest BCUT2D eigenvalue weighted by Crippen LogP contribution is 2.30. The van der Waals surface area contributed by atoms with Crippen LogP contribution in [-0.2, 0) is 34.0 Å². The van der Waals surface area contributed by atoms with Crippen LogP contribution in [0, 0.1) is 0 Å². The van der Waals surface area contributed by atoms with E-state index in [-0.39, 0.29) is 11.2 Å². The average molecular weight is 438 g/mol. The molecule has 0 saturated carbocycles. The molecule has 0 bridgehead atoms. The second-order valence-electron chi connectivity index (χ2n) is 9.08. The monoisotopic (exact) mass is 437 g/mol. The normalized spacial score (nSPS) is 15.5. The van der Waals surface area contributed by atoms with E-state index >= 15 is 0 Å². The maximum atomic E-state index is 12.5. The number of aromatic nitrogens is 4. The van der Waals surface area contributed by atoms with Gasteiger partial charge < -0.3 is 9.88 Å². The van der Waals surface area contributed by atoms with E-state index in [1.807, 2.05) is 11.6 Å². The highest BCUT2D eigenvalue weighted by molar-refractivity contribution is 5.70. The lowest BCUT2D eigenvalue weighted by molar-refractivity contribution is 0.499. The molecule has 2 aromatic heterocycles. The molecule has 1 N–H and O–H groups in total. The Labute approximate surface area is 189 Å². The van der Waals surface area contributed by atoms with Gasteiger partial charge in [0.2, 0.25) is 0 Å². The van der Waals surface area contributed by atoms with Crippen molar-refractivity contribution in [3.05, 3.63) is 62.1 Å². The fourth-order valence-electron chi connectivity index (χ4n) is 4.95. The van der Waals surface area contributed by atoms with Crippen molar-refractivity contribution in [2.45, 2.75) is 63.8 Å². The van der Waals surface area contributed by atoms with E-state index in [2.05, 4.69) is 34.6 Å². The van der Waals surface area contributed by atoms with Crippen molar-refractivity contribution in [3.8, 4) is 0 Å². The summed E-state index contributed by atoms with van der Waals surface area (Å²) in [5.74, 6) is 0.874. The number of hydrogen-bond donors (Lipinski definition) is 1. The van der Waals surface area contributed by atoms with Crippen molar-refractivity contribution < 1.29 is 0 Å². The van der Waals surface area contributed by atoms with Crippen LogP contribution in [0.1, 0.15) is 67.9 Å². The number of hydrogen-bond acceptors (Lipinski definition) is 4. The van der Waals surface area contributed by atoms with Crippen LogP contribution >= 0.6 is 0 Å². The van der Waals surface area contributed by atoms with Gasteiger partial charge in [-0.3, -0.25) is 13.9 Å². The molecule has 7 heteroatoms. The lowest BCUT2D eigenvalue weighted by Gasteiger charge is -2.13. The first-order chi connectivity index (χ1) is 15.5. The summed E-state index contributed by atoms with van der Waals surface area (Å²) < 4.78 is 4.45. The van der Waals surface area contributed by atoms with Gasteiger partial charge in [0.1, 0.15) is 5.82 Å². The zero-order chi connectivity index (χ0) is 22.7. The summed E-state index contributed by atoms with van der Waals surface area (Å²) in [6, 6.07) is 9.34. The van der Waals surface area contributed by atoms with Crippen molar-refractivity contribution >= 4 is 11.2 Å². The number of imidazole rings is 1. The molecule has 4 rings (SSSR count). The fourth-order valence-corrected chi connectivity index (χ4v) is 4.95. The molecule has 1 aliphatic carbocycles. The van der Waals surface area contributed by atoms with Gasteiger partial charge in [0.25, 0.3) is 5.56 Å². The molecule has 1 aliphatic rings. The number of nitrogens with zero attached hydrogens (tertiary/aromatic N) is 4.